The van der Waals surface area contributed by atoms with E-state index in [4.69, 9.17) is 4.74 Å². The van der Waals surface area contributed by atoms with Crippen LogP contribution in [0.3, 0.4) is 0 Å². The minimum atomic E-state index is 0.0297. The topological polar surface area (TPSA) is 47.3 Å². The molecule has 94 valence electrons. The number of ether oxygens (including phenoxy) is 1. The van der Waals surface area contributed by atoms with Gasteiger partial charge < -0.3 is 9.84 Å². The summed E-state index contributed by atoms with van der Waals surface area (Å²) >= 11 is 0. The monoisotopic (exact) mass is 236 g/mol. The molecule has 2 heterocycles. The first-order chi connectivity index (χ1) is 8.25. The summed E-state index contributed by atoms with van der Waals surface area (Å²) in [6, 6.07) is 0. The SMILES string of the molecule is Cn1cc(C2(CO)CC2)c(C2CCOCC2)n1. The number of hydrogen-bond donors (Lipinski definition) is 1. The van der Waals surface area contributed by atoms with Crippen LogP contribution < -0.4 is 0 Å². The molecule has 0 amide bonds. The van der Waals surface area contributed by atoms with Crippen LogP contribution in [0.4, 0.5) is 0 Å². The van der Waals surface area contributed by atoms with Crippen molar-refractivity contribution >= 4 is 0 Å². The third-order valence-corrected chi connectivity index (χ3v) is 4.19. The molecule has 0 aromatic carbocycles. The van der Waals surface area contributed by atoms with Crippen LogP contribution >= 0.6 is 0 Å². The Bertz CT molecular complexity index is 404. The lowest BCUT2D eigenvalue weighted by atomic mass is 9.88. The van der Waals surface area contributed by atoms with Crippen molar-refractivity contribution in [2.24, 2.45) is 7.05 Å². The fraction of sp³-hybridized carbons (Fsp3) is 0.769. The molecule has 2 aliphatic rings. The van der Waals surface area contributed by atoms with E-state index in [9.17, 15) is 5.11 Å². The number of aliphatic hydroxyl groups excluding tert-OH is 1. The second-order valence-corrected chi connectivity index (χ2v) is 5.43. The first kappa shape index (κ1) is 11.2. The molecule has 17 heavy (non-hydrogen) atoms. The molecule has 4 nitrogen and oxygen atoms in total. The molecule has 2 fully saturated rings. The van der Waals surface area contributed by atoms with Gasteiger partial charge in [0, 0.05) is 43.4 Å². The van der Waals surface area contributed by atoms with Crippen LogP contribution in [-0.2, 0) is 17.2 Å². The lowest BCUT2D eigenvalue weighted by molar-refractivity contribution is 0.0840. The van der Waals surface area contributed by atoms with Crippen molar-refractivity contribution in [1.29, 1.82) is 0 Å². The van der Waals surface area contributed by atoms with Gasteiger partial charge in [0.25, 0.3) is 0 Å². The van der Waals surface area contributed by atoms with Crippen LogP contribution in [0.25, 0.3) is 0 Å². The predicted octanol–water partition coefficient (Wildman–Crippen LogP) is 1.34. The number of aliphatic hydroxyl groups is 1. The van der Waals surface area contributed by atoms with Crippen molar-refractivity contribution in [3.8, 4) is 0 Å². The van der Waals surface area contributed by atoms with Gasteiger partial charge in [0.05, 0.1) is 12.3 Å². The third kappa shape index (κ3) is 1.89. The van der Waals surface area contributed by atoms with Gasteiger partial charge in [-0.1, -0.05) is 0 Å². The van der Waals surface area contributed by atoms with E-state index in [2.05, 4.69) is 11.3 Å². The van der Waals surface area contributed by atoms with E-state index >= 15 is 0 Å². The normalized spacial score (nSPS) is 23.9. The second-order valence-electron chi connectivity index (χ2n) is 5.43. The number of aromatic nitrogens is 2. The van der Waals surface area contributed by atoms with Gasteiger partial charge in [0.15, 0.2) is 0 Å². The van der Waals surface area contributed by atoms with Crippen molar-refractivity contribution in [2.75, 3.05) is 19.8 Å². The second kappa shape index (κ2) is 4.10. The molecule has 1 aromatic heterocycles. The Hall–Kier alpha value is -0.870. The van der Waals surface area contributed by atoms with Gasteiger partial charge in [-0.05, 0) is 25.7 Å². The van der Waals surface area contributed by atoms with E-state index in [1.165, 1.54) is 11.3 Å². The molecule has 1 aliphatic heterocycles. The summed E-state index contributed by atoms with van der Waals surface area (Å²) in [5, 5.41) is 14.2. The van der Waals surface area contributed by atoms with Gasteiger partial charge in [-0.15, -0.1) is 0 Å². The molecule has 0 spiro atoms. The molecule has 4 heteroatoms. The van der Waals surface area contributed by atoms with Gasteiger partial charge in [0.2, 0.25) is 0 Å². The van der Waals surface area contributed by atoms with Crippen molar-refractivity contribution in [3.63, 3.8) is 0 Å². The zero-order valence-electron chi connectivity index (χ0n) is 10.4. The van der Waals surface area contributed by atoms with Crippen LogP contribution in [-0.4, -0.2) is 34.7 Å². The minimum Gasteiger partial charge on any atom is -0.395 e. The zero-order chi connectivity index (χ0) is 11.9. The summed E-state index contributed by atoms with van der Waals surface area (Å²) in [6.45, 7) is 1.94. The lowest BCUT2D eigenvalue weighted by Gasteiger charge is -2.23. The van der Waals surface area contributed by atoms with E-state index in [1.54, 1.807) is 0 Å². The smallest absolute Gasteiger partial charge is 0.0695 e. The molecular weight excluding hydrogens is 216 g/mol. The molecule has 0 atom stereocenters. The molecule has 1 saturated carbocycles. The molecule has 0 bridgehead atoms. The average molecular weight is 236 g/mol. The van der Waals surface area contributed by atoms with Crippen LogP contribution in [0.2, 0.25) is 0 Å². The Morgan fingerprint density at radius 3 is 2.76 bits per heavy atom. The molecule has 0 unspecified atom stereocenters. The average Bonchev–Trinajstić information content (AvgIpc) is 3.07. The first-order valence-electron chi connectivity index (χ1n) is 6.48. The van der Waals surface area contributed by atoms with Gasteiger partial charge in [-0.3, -0.25) is 4.68 Å². The predicted molar refractivity (Wildman–Crippen MR) is 64.0 cm³/mol. The van der Waals surface area contributed by atoms with Gasteiger partial charge >= 0.3 is 0 Å². The Labute approximate surface area is 102 Å². The minimum absolute atomic E-state index is 0.0297. The van der Waals surface area contributed by atoms with Crippen molar-refractivity contribution < 1.29 is 9.84 Å². The molecule has 0 radical (unpaired) electrons. The molecule has 1 aromatic rings. The van der Waals surface area contributed by atoms with Crippen molar-refractivity contribution in [3.05, 3.63) is 17.5 Å². The number of aryl methyl sites for hydroxylation is 1. The maximum atomic E-state index is 9.58. The highest BCUT2D eigenvalue weighted by atomic mass is 16.5. The van der Waals surface area contributed by atoms with Gasteiger partial charge in [-0.2, -0.15) is 5.10 Å². The fourth-order valence-corrected chi connectivity index (χ4v) is 2.85. The van der Waals surface area contributed by atoms with Gasteiger partial charge in [-0.25, -0.2) is 0 Å². The Morgan fingerprint density at radius 1 is 1.47 bits per heavy atom. The zero-order valence-corrected chi connectivity index (χ0v) is 10.4. The maximum Gasteiger partial charge on any atom is 0.0695 e. The Kier molecular flexibility index (Phi) is 2.71. The van der Waals surface area contributed by atoms with Crippen LogP contribution in [0.5, 0.6) is 0 Å². The summed E-state index contributed by atoms with van der Waals surface area (Å²) in [5.74, 6) is 0.518. The summed E-state index contributed by atoms with van der Waals surface area (Å²) in [4.78, 5) is 0. The van der Waals surface area contributed by atoms with E-state index in [-0.39, 0.29) is 12.0 Å². The number of nitrogens with zero attached hydrogens (tertiary/aromatic N) is 2. The molecular formula is C13H20N2O2. The molecule has 1 aliphatic carbocycles. The summed E-state index contributed by atoms with van der Waals surface area (Å²) in [7, 11) is 1.97. The maximum absolute atomic E-state index is 9.58. The standard InChI is InChI=1S/C13H20N2O2/c1-15-8-11(13(9-16)4-5-13)12(14-15)10-2-6-17-7-3-10/h8,10,16H,2-7,9H2,1H3. The highest BCUT2D eigenvalue weighted by Gasteiger charge is 2.47. The fourth-order valence-electron chi connectivity index (χ4n) is 2.85. The van der Waals surface area contributed by atoms with Crippen LogP contribution in [0.15, 0.2) is 6.20 Å². The van der Waals surface area contributed by atoms with E-state index < -0.39 is 0 Å². The van der Waals surface area contributed by atoms with E-state index in [1.807, 2.05) is 11.7 Å². The number of rotatable bonds is 3. The molecule has 1 saturated heterocycles. The summed E-state index contributed by atoms with van der Waals surface area (Å²) in [6.07, 6.45) is 6.43. The highest BCUT2D eigenvalue weighted by Crippen LogP contribution is 2.50. The quantitative estimate of drug-likeness (QED) is 0.861. The largest absolute Gasteiger partial charge is 0.395 e. The third-order valence-electron chi connectivity index (χ3n) is 4.19. The van der Waals surface area contributed by atoms with E-state index in [0.29, 0.717) is 5.92 Å². The molecule has 3 rings (SSSR count). The lowest BCUT2D eigenvalue weighted by Crippen LogP contribution is -2.19. The Morgan fingerprint density at radius 2 is 2.18 bits per heavy atom. The van der Waals surface area contributed by atoms with Crippen LogP contribution in [0, 0.1) is 0 Å². The first-order valence-corrected chi connectivity index (χ1v) is 6.48. The van der Waals surface area contributed by atoms with Crippen LogP contribution in [0.1, 0.15) is 42.9 Å². The summed E-state index contributed by atoms with van der Waals surface area (Å²) < 4.78 is 7.31. The summed E-state index contributed by atoms with van der Waals surface area (Å²) in [5.41, 5.74) is 2.53. The number of hydrogen-bond acceptors (Lipinski definition) is 3. The molecule has 1 N–H and O–H groups in total. The highest BCUT2D eigenvalue weighted by molar-refractivity contribution is 5.35. The van der Waals surface area contributed by atoms with Crippen molar-refractivity contribution in [1.82, 2.24) is 9.78 Å². The van der Waals surface area contributed by atoms with E-state index in [0.717, 1.165) is 38.9 Å². The Balaban J connectivity index is 1.92. The van der Waals surface area contributed by atoms with Crippen molar-refractivity contribution in [2.45, 2.75) is 37.0 Å². The van der Waals surface area contributed by atoms with Gasteiger partial charge in [0.1, 0.15) is 0 Å².